The van der Waals surface area contributed by atoms with E-state index in [4.69, 9.17) is 0 Å². The molecular formula is C9H7F2N3. The van der Waals surface area contributed by atoms with E-state index in [1.54, 1.807) is 0 Å². The van der Waals surface area contributed by atoms with E-state index >= 15 is 0 Å². The van der Waals surface area contributed by atoms with Crippen LogP contribution in [-0.4, -0.2) is 15.4 Å². The van der Waals surface area contributed by atoms with Gasteiger partial charge in [0.05, 0.1) is 6.20 Å². The molecule has 0 radical (unpaired) electrons. The first kappa shape index (κ1) is 8.80. The van der Waals surface area contributed by atoms with Gasteiger partial charge in [0.25, 0.3) is 0 Å². The van der Waals surface area contributed by atoms with Crippen molar-refractivity contribution in [2.24, 2.45) is 0 Å². The quantitative estimate of drug-likeness (QED) is 0.756. The lowest BCUT2D eigenvalue weighted by Gasteiger charge is -2.01. The third kappa shape index (κ3) is 1.26. The molecule has 1 N–H and O–H groups in total. The fourth-order valence-corrected chi connectivity index (χ4v) is 1.18. The molecule has 3 nitrogen and oxygen atoms in total. The summed E-state index contributed by atoms with van der Waals surface area (Å²) in [7, 11) is 0. The highest BCUT2D eigenvalue weighted by molar-refractivity contribution is 5.59. The van der Waals surface area contributed by atoms with Crippen LogP contribution >= 0.6 is 0 Å². The zero-order valence-electron chi connectivity index (χ0n) is 7.38. The Hall–Kier alpha value is -1.78. The van der Waals surface area contributed by atoms with Crippen molar-refractivity contribution < 1.29 is 8.78 Å². The maximum absolute atomic E-state index is 13.4. The van der Waals surface area contributed by atoms with Gasteiger partial charge in [-0.15, -0.1) is 0 Å². The van der Waals surface area contributed by atoms with Gasteiger partial charge in [0.1, 0.15) is 5.69 Å². The van der Waals surface area contributed by atoms with Crippen LogP contribution in [0.5, 0.6) is 0 Å². The summed E-state index contributed by atoms with van der Waals surface area (Å²) < 4.78 is 26.5. The monoisotopic (exact) mass is 195 g/mol. The summed E-state index contributed by atoms with van der Waals surface area (Å²) in [6.45, 7) is 1.50. The molecule has 72 valence electrons. The van der Waals surface area contributed by atoms with Crippen molar-refractivity contribution in [2.75, 3.05) is 0 Å². The molecule has 5 heteroatoms. The smallest absolute Gasteiger partial charge is 0.168 e. The van der Waals surface area contributed by atoms with E-state index in [9.17, 15) is 8.78 Å². The van der Waals surface area contributed by atoms with Gasteiger partial charge in [-0.2, -0.15) is 15.4 Å². The molecule has 2 aromatic rings. The lowest BCUT2D eigenvalue weighted by Crippen LogP contribution is -1.93. The fraction of sp³-hybridized carbons (Fsp3) is 0.111. The van der Waals surface area contributed by atoms with Gasteiger partial charge in [0, 0.05) is 5.56 Å². The predicted octanol–water partition coefficient (Wildman–Crippen LogP) is 2.06. The number of aromatic amines is 1. The zero-order valence-corrected chi connectivity index (χ0v) is 7.38. The predicted molar refractivity (Wildman–Crippen MR) is 46.5 cm³/mol. The molecule has 0 aliphatic heterocycles. The average molecular weight is 195 g/mol. The lowest BCUT2D eigenvalue weighted by atomic mass is 10.1. The molecule has 14 heavy (non-hydrogen) atoms. The number of nitrogens with one attached hydrogen (secondary N) is 1. The maximum Gasteiger partial charge on any atom is 0.168 e. The Bertz CT molecular complexity index is 451. The molecule has 1 aromatic carbocycles. The molecule has 2 rings (SSSR count). The van der Waals surface area contributed by atoms with Crippen molar-refractivity contribution >= 4 is 0 Å². The van der Waals surface area contributed by atoms with Crippen LogP contribution in [0.1, 0.15) is 5.56 Å². The zero-order chi connectivity index (χ0) is 10.1. The van der Waals surface area contributed by atoms with E-state index in [-0.39, 0.29) is 11.1 Å². The molecule has 0 bridgehead atoms. The van der Waals surface area contributed by atoms with E-state index in [1.807, 2.05) is 0 Å². The second-order valence-electron chi connectivity index (χ2n) is 2.91. The van der Waals surface area contributed by atoms with Crippen molar-refractivity contribution in [3.63, 3.8) is 0 Å². The van der Waals surface area contributed by atoms with Gasteiger partial charge < -0.3 is 0 Å². The summed E-state index contributed by atoms with van der Waals surface area (Å²) >= 11 is 0. The SMILES string of the molecule is Cc1ccc(-c2cn[nH]n2)c(F)c1F. The maximum atomic E-state index is 13.4. The first-order chi connectivity index (χ1) is 6.70. The number of H-pyrrole nitrogens is 1. The van der Waals surface area contributed by atoms with E-state index < -0.39 is 11.6 Å². The number of nitrogens with zero attached hydrogens (tertiary/aromatic N) is 2. The first-order valence-electron chi connectivity index (χ1n) is 4.01. The molecule has 0 spiro atoms. The number of rotatable bonds is 1. The molecule has 0 atom stereocenters. The van der Waals surface area contributed by atoms with Crippen molar-refractivity contribution in [3.8, 4) is 11.3 Å². The molecule has 0 aliphatic rings. The molecule has 0 saturated heterocycles. The summed E-state index contributed by atoms with van der Waals surface area (Å²) in [6, 6.07) is 2.98. The third-order valence-electron chi connectivity index (χ3n) is 1.97. The third-order valence-corrected chi connectivity index (χ3v) is 1.97. The normalized spacial score (nSPS) is 10.5. The first-order valence-corrected chi connectivity index (χ1v) is 4.01. The Balaban J connectivity index is 2.61. The summed E-state index contributed by atoms with van der Waals surface area (Å²) in [5.74, 6) is -1.73. The lowest BCUT2D eigenvalue weighted by molar-refractivity contribution is 0.505. The van der Waals surface area contributed by atoms with E-state index in [0.717, 1.165) is 0 Å². The minimum Gasteiger partial charge on any atom is -0.203 e. The average Bonchev–Trinajstić information content (AvgIpc) is 2.67. The van der Waals surface area contributed by atoms with Gasteiger partial charge in [-0.05, 0) is 18.6 Å². The van der Waals surface area contributed by atoms with Gasteiger partial charge in [-0.25, -0.2) is 8.78 Å². The summed E-state index contributed by atoms with van der Waals surface area (Å²) in [5, 5.41) is 9.54. The van der Waals surface area contributed by atoms with Gasteiger partial charge in [-0.1, -0.05) is 6.07 Å². The second-order valence-corrected chi connectivity index (χ2v) is 2.91. The van der Waals surface area contributed by atoms with Gasteiger partial charge in [0.15, 0.2) is 11.6 Å². The van der Waals surface area contributed by atoms with E-state index in [0.29, 0.717) is 5.69 Å². The highest BCUT2D eigenvalue weighted by Crippen LogP contribution is 2.23. The number of halogens is 2. The molecule has 0 unspecified atom stereocenters. The van der Waals surface area contributed by atoms with Crippen molar-refractivity contribution in [3.05, 3.63) is 35.5 Å². The number of hydrogen-bond donors (Lipinski definition) is 1. The van der Waals surface area contributed by atoms with Crippen LogP contribution in [0.15, 0.2) is 18.3 Å². The second kappa shape index (κ2) is 3.17. The number of aryl methyl sites for hydroxylation is 1. The Morgan fingerprint density at radius 2 is 2.00 bits per heavy atom. The molecule has 0 fully saturated rings. The van der Waals surface area contributed by atoms with Crippen molar-refractivity contribution in [1.29, 1.82) is 0 Å². The topological polar surface area (TPSA) is 41.6 Å². The van der Waals surface area contributed by atoms with E-state index in [1.165, 1.54) is 25.3 Å². The minimum atomic E-state index is -0.890. The minimum absolute atomic E-state index is 0.113. The largest absolute Gasteiger partial charge is 0.203 e. The molecule has 1 heterocycles. The Morgan fingerprint density at radius 1 is 1.21 bits per heavy atom. The standard InChI is InChI=1S/C9H7F2N3/c1-5-2-3-6(9(11)8(5)10)7-4-12-14-13-7/h2-4H,1H3,(H,12,13,14). The van der Waals surface area contributed by atoms with Crippen LogP contribution in [0.25, 0.3) is 11.3 Å². The molecular weight excluding hydrogens is 188 g/mol. The molecule has 0 aliphatic carbocycles. The van der Waals surface area contributed by atoms with Gasteiger partial charge >= 0.3 is 0 Å². The van der Waals surface area contributed by atoms with E-state index in [2.05, 4.69) is 15.4 Å². The molecule has 0 amide bonds. The summed E-state index contributed by atoms with van der Waals surface area (Å²) in [4.78, 5) is 0. The summed E-state index contributed by atoms with van der Waals surface area (Å²) in [5.41, 5.74) is 0.679. The Kier molecular flexibility index (Phi) is 1.99. The molecule has 0 saturated carbocycles. The van der Waals surface area contributed by atoms with Crippen LogP contribution in [0, 0.1) is 18.6 Å². The van der Waals surface area contributed by atoms with Crippen molar-refractivity contribution in [2.45, 2.75) is 6.92 Å². The van der Waals surface area contributed by atoms with Crippen LogP contribution in [0.4, 0.5) is 8.78 Å². The number of benzene rings is 1. The highest BCUT2D eigenvalue weighted by atomic mass is 19.2. The van der Waals surface area contributed by atoms with Gasteiger partial charge in [-0.3, -0.25) is 0 Å². The summed E-state index contributed by atoms with van der Waals surface area (Å²) in [6.07, 6.45) is 1.34. The van der Waals surface area contributed by atoms with Crippen LogP contribution < -0.4 is 0 Å². The van der Waals surface area contributed by atoms with Crippen LogP contribution in [0.3, 0.4) is 0 Å². The van der Waals surface area contributed by atoms with Crippen LogP contribution in [0.2, 0.25) is 0 Å². The number of aromatic nitrogens is 3. The highest BCUT2D eigenvalue weighted by Gasteiger charge is 2.13. The van der Waals surface area contributed by atoms with Gasteiger partial charge in [0.2, 0.25) is 0 Å². The Morgan fingerprint density at radius 3 is 2.64 bits per heavy atom. The number of hydrogen-bond acceptors (Lipinski definition) is 2. The Labute approximate surface area is 78.8 Å². The fourth-order valence-electron chi connectivity index (χ4n) is 1.18. The van der Waals surface area contributed by atoms with Crippen LogP contribution in [-0.2, 0) is 0 Å². The molecule has 1 aromatic heterocycles. The van der Waals surface area contributed by atoms with Crippen molar-refractivity contribution in [1.82, 2.24) is 15.4 Å².